The van der Waals surface area contributed by atoms with Gasteiger partial charge in [0.05, 0.1) is 6.61 Å². The summed E-state index contributed by atoms with van der Waals surface area (Å²) < 4.78 is 5.12. The van der Waals surface area contributed by atoms with Crippen LogP contribution in [0.4, 0.5) is 4.79 Å². The van der Waals surface area contributed by atoms with Crippen molar-refractivity contribution in [2.75, 3.05) is 6.61 Å². The third-order valence-corrected chi connectivity index (χ3v) is 5.72. The van der Waals surface area contributed by atoms with E-state index in [9.17, 15) is 9.59 Å². The Morgan fingerprint density at radius 3 is 2.58 bits per heavy atom. The summed E-state index contributed by atoms with van der Waals surface area (Å²) in [7, 11) is 0. The standard InChI is InChI=1S/C19H22ClNO3/c1-19(2)14-9-12(10-15(19)11-14)7-8-24-18(23)21-17(22)13-3-5-16(20)6-4-13/h3-6,9,14-15H,7-8,10-11H2,1-2H3,(H,21,22,23)/t14-,15-/m0/s1. The molecular weight excluding hydrogens is 326 g/mol. The number of carbonyl (C=O) groups is 2. The van der Waals surface area contributed by atoms with Crippen LogP contribution in [0.2, 0.25) is 5.02 Å². The monoisotopic (exact) mass is 347 g/mol. The number of carbonyl (C=O) groups excluding carboxylic acids is 2. The van der Waals surface area contributed by atoms with Crippen molar-refractivity contribution in [3.63, 3.8) is 0 Å². The van der Waals surface area contributed by atoms with E-state index in [1.165, 1.54) is 12.0 Å². The highest BCUT2D eigenvalue weighted by molar-refractivity contribution is 6.30. The first-order chi connectivity index (χ1) is 11.4. The summed E-state index contributed by atoms with van der Waals surface area (Å²) >= 11 is 5.77. The fourth-order valence-corrected chi connectivity index (χ4v) is 3.74. The molecule has 0 aromatic heterocycles. The van der Waals surface area contributed by atoms with Crippen molar-refractivity contribution in [2.24, 2.45) is 17.3 Å². The molecular formula is C19H22ClNO3. The second-order valence-corrected chi connectivity index (χ2v) is 7.67. The van der Waals surface area contributed by atoms with E-state index in [1.807, 2.05) is 0 Å². The van der Waals surface area contributed by atoms with E-state index >= 15 is 0 Å². The van der Waals surface area contributed by atoms with Crippen LogP contribution in [-0.2, 0) is 4.74 Å². The van der Waals surface area contributed by atoms with Crippen LogP contribution in [0.1, 0.15) is 43.5 Å². The maximum absolute atomic E-state index is 11.9. The van der Waals surface area contributed by atoms with E-state index in [-0.39, 0.29) is 0 Å². The zero-order valence-electron chi connectivity index (χ0n) is 14.0. The molecule has 1 aromatic carbocycles. The molecule has 24 heavy (non-hydrogen) atoms. The zero-order chi connectivity index (χ0) is 17.3. The van der Waals surface area contributed by atoms with Crippen molar-refractivity contribution in [2.45, 2.75) is 33.1 Å². The van der Waals surface area contributed by atoms with E-state index < -0.39 is 12.0 Å². The van der Waals surface area contributed by atoms with Crippen molar-refractivity contribution in [1.29, 1.82) is 0 Å². The lowest BCUT2D eigenvalue weighted by atomic mass is 9.50. The third kappa shape index (κ3) is 3.48. The highest BCUT2D eigenvalue weighted by Gasteiger charge is 2.49. The Morgan fingerprint density at radius 1 is 1.29 bits per heavy atom. The van der Waals surface area contributed by atoms with Gasteiger partial charge < -0.3 is 4.74 Å². The van der Waals surface area contributed by atoms with Gasteiger partial charge in [0.25, 0.3) is 5.91 Å². The summed E-state index contributed by atoms with van der Waals surface area (Å²) in [6.07, 6.45) is 4.76. The summed E-state index contributed by atoms with van der Waals surface area (Å²) in [4.78, 5) is 23.6. The van der Waals surface area contributed by atoms with Crippen molar-refractivity contribution in [3.05, 3.63) is 46.5 Å². The maximum Gasteiger partial charge on any atom is 0.414 e. The number of benzene rings is 1. The van der Waals surface area contributed by atoms with Crippen LogP contribution < -0.4 is 5.32 Å². The van der Waals surface area contributed by atoms with Crippen molar-refractivity contribution < 1.29 is 14.3 Å². The predicted octanol–water partition coefficient (Wildman–Crippen LogP) is 4.59. The second kappa shape index (κ2) is 6.60. The maximum atomic E-state index is 11.9. The fraction of sp³-hybridized carbons (Fsp3) is 0.474. The van der Waals surface area contributed by atoms with Crippen LogP contribution in [-0.4, -0.2) is 18.6 Å². The van der Waals surface area contributed by atoms with Crippen LogP contribution >= 0.6 is 11.6 Å². The van der Waals surface area contributed by atoms with Gasteiger partial charge in [0, 0.05) is 17.0 Å². The average Bonchev–Trinajstić information content (AvgIpc) is 2.55. The second-order valence-electron chi connectivity index (χ2n) is 7.24. The number of amides is 2. The van der Waals surface area contributed by atoms with E-state index in [2.05, 4.69) is 25.2 Å². The molecule has 0 aliphatic heterocycles. The number of alkyl carbamates (subject to hydrolysis) is 1. The van der Waals surface area contributed by atoms with Gasteiger partial charge in [-0.3, -0.25) is 10.1 Å². The minimum absolute atomic E-state index is 0.297. The lowest BCUT2D eigenvalue weighted by molar-refractivity contribution is -0.00241. The predicted molar refractivity (Wildman–Crippen MR) is 93.0 cm³/mol. The molecule has 3 aliphatic carbocycles. The van der Waals surface area contributed by atoms with Gasteiger partial charge in [-0.1, -0.05) is 37.1 Å². The van der Waals surface area contributed by atoms with Crippen LogP contribution in [0.15, 0.2) is 35.9 Å². The Hall–Kier alpha value is -1.81. The van der Waals surface area contributed by atoms with Gasteiger partial charge in [0.15, 0.2) is 0 Å². The normalized spacial score (nSPS) is 23.7. The molecule has 1 saturated carbocycles. The van der Waals surface area contributed by atoms with Gasteiger partial charge in [-0.25, -0.2) is 4.79 Å². The molecule has 2 bridgehead atoms. The first-order valence-electron chi connectivity index (χ1n) is 8.29. The minimum atomic E-state index is -0.711. The lowest BCUT2D eigenvalue weighted by Crippen LogP contribution is -2.46. The summed E-state index contributed by atoms with van der Waals surface area (Å²) in [5, 5.41) is 2.76. The molecule has 3 aliphatic rings. The van der Waals surface area contributed by atoms with Crippen LogP contribution in [0, 0.1) is 17.3 Å². The Morgan fingerprint density at radius 2 is 2.00 bits per heavy atom. The number of ether oxygens (including phenoxy) is 1. The molecule has 2 atom stereocenters. The molecule has 0 unspecified atom stereocenters. The molecule has 0 radical (unpaired) electrons. The molecule has 1 fully saturated rings. The quantitative estimate of drug-likeness (QED) is 0.810. The summed E-state index contributed by atoms with van der Waals surface area (Å²) in [5.41, 5.74) is 2.16. The number of fused-ring (bicyclic) bond motifs is 1. The first-order valence-corrected chi connectivity index (χ1v) is 8.67. The molecule has 1 aromatic rings. The number of nitrogens with one attached hydrogen (secondary N) is 1. The van der Waals surface area contributed by atoms with Gasteiger partial charge in [-0.05, 0) is 54.4 Å². The third-order valence-electron chi connectivity index (χ3n) is 5.47. The smallest absolute Gasteiger partial charge is 0.414 e. The molecule has 0 heterocycles. The molecule has 0 saturated heterocycles. The molecule has 1 N–H and O–H groups in total. The molecule has 2 amide bonds. The van der Waals surface area contributed by atoms with Gasteiger partial charge in [0.2, 0.25) is 0 Å². The van der Waals surface area contributed by atoms with Crippen molar-refractivity contribution in [3.8, 4) is 0 Å². The van der Waals surface area contributed by atoms with E-state index in [4.69, 9.17) is 16.3 Å². The molecule has 0 spiro atoms. The molecule has 128 valence electrons. The molecule has 5 heteroatoms. The fourth-order valence-electron chi connectivity index (χ4n) is 3.62. The summed E-state index contributed by atoms with van der Waals surface area (Å²) in [5.74, 6) is 0.922. The van der Waals surface area contributed by atoms with E-state index in [0.29, 0.717) is 28.5 Å². The number of imide groups is 1. The number of hydrogen-bond donors (Lipinski definition) is 1. The van der Waals surface area contributed by atoms with E-state index in [1.54, 1.807) is 24.3 Å². The van der Waals surface area contributed by atoms with Gasteiger partial charge in [-0.15, -0.1) is 0 Å². The van der Waals surface area contributed by atoms with Crippen LogP contribution in [0.3, 0.4) is 0 Å². The average molecular weight is 348 g/mol. The topological polar surface area (TPSA) is 55.4 Å². The van der Waals surface area contributed by atoms with Crippen LogP contribution in [0.25, 0.3) is 0 Å². The van der Waals surface area contributed by atoms with Crippen LogP contribution in [0.5, 0.6) is 0 Å². The SMILES string of the molecule is CC1(C)[C@H]2CC(CCOC(=O)NC(=O)c3ccc(Cl)cc3)=C[C@H]1C2. The van der Waals surface area contributed by atoms with Crippen molar-refractivity contribution >= 4 is 23.6 Å². The Bertz CT molecular complexity index is 678. The van der Waals surface area contributed by atoms with Gasteiger partial charge >= 0.3 is 6.09 Å². The number of rotatable bonds is 4. The Balaban J connectivity index is 1.42. The minimum Gasteiger partial charge on any atom is -0.449 e. The summed E-state index contributed by atoms with van der Waals surface area (Å²) in [6, 6.07) is 6.33. The Kier molecular flexibility index (Phi) is 4.68. The molecule has 4 nitrogen and oxygen atoms in total. The zero-order valence-corrected chi connectivity index (χ0v) is 14.7. The molecule has 4 rings (SSSR count). The first kappa shape index (κ1) is 17.0. The largest absolute Gasteiger partial charge is 0.449 e. The summed E-state index contributed by atoms with van der Waals surface area (Å²) in [6.45, 7) is 4.95. The number of hydrogen-bond acceptors (Lipinski definition) is 3. The van der Waals surface area contributed by atoms with E-state index in [0.717, 1.165) is 18.8 Å². The number of allylic oxidation sites excluding steroid dienone is 1. The van der Waals surface area contributed by atoms with Gasteiger partial charge in [0.1, 0.15) is 0 Å². The lowest BCUT2D eigenvalue weighted by Gasteiger charge is -2.55. The van der Waals surface area contributed by atoms with Gasteiger partial charge in [-0.2, -0.15) is 0 Å². The number of halogens is 1. The highest BCUT2D eigenvalue weighted by Crippen LogP contribution is 2.58. The highest BCUT2D eigenvalue weighted by atomic mass is 35.5. The van der Waals surface area contributed by atoms with Crippen molar-refractivity contribution in [1.82, 2.24) is 5.32 Å². The Labute approximate surface area is 147 Å².